The Labute approximate surface area is 135 Å². The topological polar surface area (TPSA) is 37.3 Å². The Morgan fingerprint density at radius 3 is 2.73 bits per heavy atom. The largest absolute Gasteiger partial charge is 0.481 e. The summed E-state index contributed by atoms with van der Waals surface area (Å²) in [5.74, 6) is 1.03. The van der Waals surface area contributed by atoms with Crippen molar-refractivity contribution in [1.29, 1.82) is 0 Å². The lowest BCUT2D eigenvalue weighted by molar-refractivity contribution is -0.163. The molecular weight excluding hydrogens is 272 g/mol. The monoisotopic (exact) mass is 304 g/mol. The minimum absolute atomic E-state index is 0.103. The highest BCUT2D eigenvalue weighted by Crippen LogP contribution is 2.67. The first-order valence-corrected chi connectivity index (χ1v) is 9.24. The summed E-state index contributed by atoms with van der Waals surface area (Å²) in [5, 5.41) is 9.69. The number of aliphatic carboxylic acids is 1. The summed E-state index contributed by atoms with van der Waals surface area (Å²) in [6.07, 6.45) is 9.17. The van der Waals surface area contributed by atoms with Crippen molar-refractivity contribution >= 4 is 5.97 Å². The van der Waals surface area contributed by atoms with Gasteiger partial charge in [-0.05, 0) is 73.5 Å². The quantitative estimate of drug-likeness (QED) is 0.704. The summed E-state index contributed by atoms with van der Waals surface area (Å²) in [7, 11) is 0. The third kappa shape index (κ3) is 2.17. The summed E-state index contributed by atoms with van der Waals surface area (Å²) in [5.41, 5.74) is 2.06. The van der Waals surface area contributed by atoms with Crippen LogP contribution in [0.15, 0.2) is 12.2 Å². The van der Waals surface area contributed by atoms with Crippen LogP contribution in [-0.2, 0) is 4.79 Å². The van der Waals surface area contributed by atoms with E-state index < -0.39 is 5.97 Å². The molecule has 22 heavy (non-hydrogen) atoms. The first kappa shape index (κ1) is 16.1. The summed E-state index contributed by atoms with van der Waals surface area (Å²) < 4.78 is 0. The Kier molecular flexibility index (Phi) is 3.94. The SMILES string of the molecule is C=C1C[C@@]2(CC)CCC3[C@H](C(=O)O)CCC[C@@]3(C)C2C[C@@H]1C. The number of allylic oxidation sites excluding steroid dienone is 1. The summed E-state index contributed by atoms with van der Waals surface area (Å²) in [4.78, 5) is 11.8. The molecule has 0 amide bonds. The number of fused-ring (bicyclic) bond motifs is 3. The van der Waals surface area contributed by atoms with Crippen LogP contribution in [0, 0.1) is 34.5 Å². The van der Waals surface area contributed by atoms with Crippen LogP contribution in [0.2, 0.25) is 0 Å². The van der Waals surface area contributed by atoms with E-state index in [1.54, 1.807) is 0 Å². The van der Waals surface area contributed by atoms with E-state index in [-0.39, 0.29) is 11.3 Å². The normalized spacial score (nSPS) is 48.4. The molecule has 6 atom stereocenters. The van der Waals surface area contributed by atoms with Crippen LogP contribution in [0.1, 0.15) is 72.1 Å². The fraction of sp³-hybridized carbons (Fsp3) is 0.850. The van der Waals surface area contributed by atoms with E-state index in [1.807, 2.05) is 0 Å². The van der Waals surface area contributed by atoms with Gasteiger partial charge < -0.3 is 5.11 Å². The van der Waals surface area contributed by atoms with Crippen molar-refractivity contribution in [3.05, 3.63) is 12.2 Å². The smallest absolute Gasteiger partial charge is 0.306 e. The number of hydrogen-bond acceptors (Lipinski definition) is 1. The third-order valence-corrected chi connectivity index (χ3v) is 7.94. The Bertz CT molecular complexity index is 482. The molecule has 0 aliphatic heterocycles. The average molecular weight is 304 g/mol. The predicted molar refractivity (Wildman–Crippen MR) is 89.6 cm³/mol. The molecule has 3 rings (SSSR count). The third-order valence-electron chi connectivity index (χ3n) is 7.94. The fourth-order valence-electron chi connectivity index (χ4n) is 6.55. The van der Waals surface area contributed by atoms with Gasteiger partial charge in [0, 0.05) is 0 Å². The molecule has 124 valence electrons. The molecule has 0 spiro atoms. The average Bonchev–Trinajstić information content (AvgIpc) is 2.48. The van der Waals surface area contributed by atoms with Crippen molar-refractivity contribution in [3.63, 3.8) is 0 Å². The molecule has 1 N–H and O–H groups in total. The molecule has 0 bridgehead atoms. The number of carboxylic acid groups (broad SMARTS) is 1. The standard InChI is InChI=1S/C20H32O2/c1-5-20-10-8-16-15(18(21)22)7-6-9-19(16,4)17(20)11-13(2)14(3)12-20/h13,15-17H,3,5-12H2,1-2,4H3,(H,21,22)/t13-,15+,16?,17?,19+,20+/m0/s1. The van der Waals surface area contributed by atoms with E-state index in [2.05, 4.69) is 27.4 Å². The highest BCUT2D eigenvalue weighted by Gasteiger charge is 2.59. The Morgan fingerprint density at radius 2 is 2.09 bits per heavy atom. The minimum atomic E-state index is -0.548. The van der Waals surface area contributed by atoms with Crippen molar-refractivity contribution < 1.29 is 9.90 Å². The highest BCUT2D eigenvalue weighted by atomic mass is 16.4. The van der Waals surface area contributed by atoms with Crippen molar-refractivity contribution in [3.8, 4) is 0 Å². The zero-order valence-corrected chi connectivity index (χ0v) is 14.5. The second-order valence-corrected chi connectivity index (χ2v) is 8.73. The first-order valence-electron chi connectivity index (χ1n) is 9.24. The molecule has 2 heteroatoms. The Morgan fingerprint density at radius 1 is 1.36 bits per heavy atom. The van der Waals surface area contributed by atoms with Gasteiger partial charge in [0.2, 0.25) is 0 Å². The summed E-state index contributed by atoms with van der Waals surface area (Å²) >= 11 is 0. The van der Waals surface area contributed by atoms with Crippen molar-refractivity contribution in [2.24, 2.45) is 34.5 Å². The Hall–Kier alpha value is -0.790. The zero-order valence-electron chi connectivity index (χ0n) is 14.5. The fourth-order valence-corrected chi connectivity index (χ4v) is 6.55. The molecule has 3 fully saturated rings. The molecule has 0 saturated heterocycles. The van der Waals surface area contributed by atoms with Gasteiger partial charge >= 0.3 is 5.97 Å². The van der Waals surface area contributed by atoms with E-state index in [4.69, 9.17) is 0 Å². The van der Waals surface area contributed by atoms with Crippen LogP contribution in [0.5, 0.6) is 0 Å². The maximum Gasteiger partial charge on any atom is 0.306 e. The molecule has 0 heterocycles. The van der Waals surface area contributed by atoms with E-state index in [9.17, 15) is 9.90 Å². The van der Waals surface area contributed by atoms with Gasteiger partial charge in [-0.2, -0.15) is 0 Å². The van der Waals surface area contributed by atoms with Gasteiger partial charge in [-0.25, -0.2) is 0 Å². The highest BCUT2D eigenvalue weighted by molar-refractivity contribution is 5.70. The van der Waals surface area contributed by atoms with Crippen LogP contribution >= 0.6 is 0 Å². The van der Waals surface area contributed by atoms with E-state index in [1.165, 1.54) is 37.7 Å². The molecule has 3 aliphatic carbocycles. The van der Waals surface area contributed by atoms with Gasteiger partial charge in [-0.1, -0.05) is 39.3 Å². The maximum atomic E-state index is 11.8. The second kappa shape index (κ2) is 5.39. The minimum Gasteiger partial charge on any atom is -0.481 e. The molecule has 0 aromatic heterocycles. The molecule has 0 aromatic carbocycles. The molecule has 2 unspecified atom stereocenters. The summed E-state index contributed by atoms with van der Waals surface area (Å²) in [6, 6.07) is 0. The lowest BCUT2D eigenvalue weighted by Gasteiger charge is -2.63. The van der Waals surface area contributed by atoms with Crippen LogP contribution in [-0.4, -0.2) is 11.1 Å². The zero-order chi connectivity index (χ0) is 16.1. The van der Waals surface area contributed by atoms with Crippen molar-refractivity contribution in [1.82, 2.24) is 0 Å². The van der Waals surface area contributed by atoms with Crippen molar-refractivity contribution in [2.45, 2.75) is 72.1 Å². The Balaban J connectivity index is 1.99. The molecule has 3 saturated carbocycles. The lowest BCUT2D eigenvalue weighted by atomic mass is 9.41. The van der Waals surface area contributed by atoms with Gasteiger partial charge in [-0.3, -0.25) is 4.79 Å². The van der Waals surface area contributed by atoms with Gasteiger partial charge in [0.25, 0.3) is 0 Å². The summed E-state index contributed by atoms with van der Waals surface area (Å²) in [6.45, 7) is 11.5. The molecule has 0 aromatic rings. The van der Waals surface area contributed by atoms with Gasteiger partial charge in [-0.15, -0.1) is 0 Å². The number of carboxylic acids is 1. The van der Waals surface area contributed by atoms with E-state index >= 15 is 0 Å². The van der Waals surface area contributed by atoms with Crippen LogP contribution < -0.4 is 0 Å². The van der Waals surface area contributed by atoms with Gasteiger partial charge in [0.05, 0.1) is 5.92 Å². The lowest BCUT2D eigenvalue weighted by Crippen LogP contribution is -2.56. The van der Waals surface area contributed by atoms with E-state index in [0.717, 1.165) is 19.3 Å². The van der Waals surface area contributed by atoms with Crippen LogP contribution in [0.3, 0.4) is 0 Å². The van der Waals surface area contributed by atoms with Gasteiger partial charge in [0.15, 0.2) is 0 Å². The number of rotatable bonds is 2. The second-order valence-electron chi connectivity index (χ2n) is 8.73. The molecular formula is C20H32O2. The molecule has 2 nitrogen and oxygen atoms in total. The molecule has 0 radical (unpaired) electrons. The van der Waals surface area contributed by atoms with Crippen molar-refractivity contribution in [2.75, 3.05) is 0 Å². The molecule has 3 aliphatic rings. The maximum absolute atomic E-state index is 11.8. The first-order chi connectivity index (χ1) is 10.3. The van der Waals surface area contributed by atoms with E-state index in [0.29, 0.717) is 23.2 Å². The van der Waals surface area contributed by atoms with Gasteiger partial charge in [0.1, 0.15) is 0 Å². The number of hydrogen-bond donors (Lipinski definition) is 1. The van der Waals surface area contributed by atoms with Crippen LogP contribution in [0.4, 0.5) is 0 Å². The predicted octanol–water partition coefficient (Wildman–Crippen LogP) is 5.29. The van der Waals surface area contributed by atoms with Crippen LogP contribution in [0.25, 0.3) is 0 Å². The number of carbonyl (C=O) groups is 1.